The second kappa shape index (κ2) is 5.56. The summed E-state index contributed by atoms with van der Waals surface area (Å²) in [5, 5.41) is 19.6. The smallest absolute Gasteiger partial charge is 0.371 e. The third-order valence-electron chi connectivity index (χ3n) is 0.301. The maximum absolute atomic E-state index is 9.54. The third-order valence-corrected chi connectivity index (χ3v) is 0.301. The summed E-state index contributed by atoms with van der Waals surface area (Å²) in [5.41, 5.74) is 0. The van der Waals surface area contributed by atoms with Crippen LogP contribution in [0.2, 0.25) is 0 Å². The second-order valence-corrected chi connectivity index (χ2v) is 0.861. The summed E-state index contributed by atoms with van der Waals surface area (Å²) >= 11 is 0. The molecule has 44 valence electrons. The zero-order valence-electron chi connectivity index (χ0n) is 4.16. The molecule has 0 aliphatic carbocycles. The molecule has 0 saturated carbocycles. The average molecular weight is 116 g/mol. The molecule has 0 rings (SSSR count). The highest BCUT2D eigenvalue weighted by molar-refractivity contribution is 6.31. The van der Waals surface area contributed by atoms with E-state index < -0.39 is 11.8 Å². The van der Waals surface area contributed by atoms with Crippen LogP contribution in [0.1, 0.15) is 6.92 Å². The van der Waals surface area contributed by atoms with Gasteiger partial charge >= 0.3 is 5.97 Å². The molecule has 0 atom stereocenters. The van der Waals surface area contributed by atoms with Gasteiger partial charge in [0.2, 0.25) is 5.78 Å². The van der Waals surface area contributed by atoms with Crippen LogP contribution in [0.4, 0.5) is 0 Å². The number of ketones is 1. The Bertz CT molecular complexity index is 105. The minimum Gasteiger partial charge on any atom is -0.476 e. The number of carboxylic acids is 1. The minimum atomic E-state index is -1.38. The fraction of sp³-hybridized carbons (Fsp3) is 0.333. The van der Waals surface area contributed by atoms with Crippen LogP contribution in [0.5, 0.6) is 0 Å². The Morgan fingerprint density at radius 1 is 1.38 bits per heavy atom. The van der Waals surface area contributed by atoms with Crippen molar-refractivity contribution in [2.75, 3.05) is 0 Å². The van der Waals surface area contributed by atoms with E-state index in [2.05, 4.69) is 0 Å². The van der Waals surface area contributed by atoms with Gasteiger partial charge in [0.1, 0.15) is 0 Å². The lowest BCUT2D eigenvalue weighted by atomic mass is 10.5. The van der Waals surface area contributed by atoms with Crippen molar-refractivity contribution in [2.24, 2.45) is 0 Å². The summed E-state index contributed by atoms with van der Waals surface area (Å²) < 4.78 is 0. The monoisotopic (exact) mass is 116 g/mol. The van der Waals surface area contributed by atoms with Gasteiger partial charge in [0.15, 0.2) is 0 Å². The van der Waals surface area contributed by atoms with Gasteiger partial charge in [0, 0.05) is 17.7 Å². The van der Waals surface area contributed by atoms with Crippen LogP contribution in [0, 0.1) is 10.8 Å². The Balaban J connectivity index is 0. The molecule has 0 bridgehead atoms. The van der Waals surface area contributed by atoms with Crippen LogP contribution >= 0.6 is 0 Å². The van der Waals surface area contributed by atoms with Crippen LogP contribution in [0.25, 0.3) is 0 Å². The van der Waals surface area contributed by atoms with Gasteiger partial charge in [-0.25, -0.2) is 4.79 Å². The maximum Gasteiger partial charge on any atom is 0.371 e. The molecule has 0 aliphatic rings. The van der Waals surface area contributed by atoms with Crippen LogP contribution in [-0.2, 0) is 9.59 Å². The third kappa shape index (κ3) is 8.82. The summed E-state index contributed by atoms with van der Waals surface area (Å²) in [6, 6.07) is 0. The van der Waals surface area contributed by atoms with Crippen molar-refractivity contribution in [2.45, 2.75) is 6.92 Å². The Morgan fingerprint density at radius 3 is 1.50 bits per heavy atom. The zero-order valence-corrected chi connectivity index (χ0v) is 4.16. The molecule has 1 N–H and O–H groups in total. The fourth-order valence-electron chi connectivity index (χ4n) is 0. The number of hydrogen-bond acceptors (Lipinski definition) is 4. The van der Waals surface area contributed by atoms with Crippen LogP contribution in [0.15, 0.2) is 0 Å². The SMILES string of the molecule is CC(=O)C(=O)O.N#N. The number of carboxylic acid groups (broad SMARTS) is 1. The minimum absolute atomic E-state index is 0.824. The number of Topliss-reactive ketones (excluding diaryl/α,β-unsaturated/α-hetero) is 1. The molecule has 0 aromatic heterocycles. The van der Waals surface area contributed by atoms with Gasteiger partial charge in [-0.1, -0.05) is 0 Å². The van der Waals surface area contributed by atoms with E-state index in [1.165, 1.54) is 0 Å². The fourth-order valence-corrected chi connectivity index (χ4v) is 0. The molecular formula is C3H4N2O3. The van der Waals surface area contributed by atoms with E-state index in [0.717, 1.165) is 6.92 Å². The first-order chi connectivity index (χ1) is 3.64. The van der Waals surface area contributed by atoms with Crippen LogP contribution in [-0.4, -0.2) is 16.9 Å². The first-order valence-electron chi connectivity index (χ1n) is 1.58. The number of aliphatic carboxylic acids is 1. The van der Waals surface area contributed by atoms with Gasteiger partial charge in [0.05, 0.1) is 0 Å². The van der Waals surface area contributed by atoms with Gasteiger partial charge in [0.25, 0.3) is 0 Å². The molecule has 0 aromatic rings. The van der Waals surface area contributed by atoms with Crippen molar-refractivity contribution in [3.8, 4) is 0 Å². The second-order valence-electron chi connectivity index (χ2n) is 0.861. The van der Waals surface area contributed by atoms with Crippen molar-refractivity contribution in [3.05, 3.63) is 0 Å². The van der Waals surface area contributed by atoms with E-state index in [1.54, 1.807) is 0 Å². The van der Waals surface area contributed by atoms with Gasteiger partial charge < -0.3 is 5.11 Å². The number of hydrogen-bond donors (Lipinski definition) is 1. The summed E-state index contributed by atoms with van der Waals surface area (Å²) in [7, 11) is 0. The highest BCUT2D eigenvalue weighted by Gasteiger charge is 1.98. The quantitative estimate of drug-likeness (QED) is 0.374. The molecule has 5 heteroatoms. The molecule has 5 nitrogen and oxygen atoms in total. The first kappa shape index (κ1) is 9.75. The van der Waals surface area contributed by atoms with Gasteiger partial charge in [-0.3, -0.25) is 4.79 Å². The summed E-state index contributed by atoms with van der Waals surface area (Å²) in [6.07, 6.45) is 0. The van der Waals surface area contributed by atoms with Gasteiger partial charge in [-0.05, 0) is 0 Å². The lowest BCUT2D eigenvalue weighted by Gasteiger charge is -1.73. The highest BCUT2D eigenvalue weighted by atomic mass is 16.4. The number of nitrogens with zero attached hydrogens (tertiary/aromatic N) is 2. The van der Waals surface area contributed by atoms with E-state index in [1.807, 2.05) is 0 Å². The van der Waals surface area contributed by atoms with E-state index in [9.17, 15) is 9.59 Å². The topological polar surface area (TPSA) is 102 Å². The molecule has 8 heavy (non-hydrogen) atoms. The number of rotatable bonds is 1. The molecule has 0 heterocycles. The highest BCUT2D eigenvalue weighted by Crippen LogP contribution is 1.61. The van der Waals surface area contributed by atoms with Crippen molar-refractivity contribution in [3.63, 3.8) is 0 Å². The Labute approximate surface area is 45.3 Å². The molecule has 0 aliphatic heterocycles. The van der Waals surface area contributed by atoms with E-state index in [-0.39, 0.29) is 0 Å². The Morgan fingerprint density at radius 2 is 1.50 bits per heavy atom. The number of carbonyl (C=O) groups is 2. The molecule has 0 fully saturated rings. The van der Waals surface area contributed by atoms with Crippen molar-refractivity contribution < 1.29 is 14.7 Å². The van der Waals surface area contributed by atoms with E-state index in [0.29, 0.717) is 0 Å². The molecular weight excluding hydrogens is 112 g/mol. The van der Waals surface area contributed by atoms with Crippen molar-refractivity contribution in [1.82, 2.24) is 0 Å². The molecule has 0 aromatic carbocycles. The lowest BCUT2D eigenvalue weighted by molar-refractivity contribution is -0.148. The maximum atomic E-state index is 9.54. The molecule has 0 radical (unpaired) electrons. The van der Waals surface area contributed by atoms with Crippen molar-refractivity contribution in [1.29, 1.82) is 10.8 Å². The molecule has 0 saturated heterocycles. The van der Waals surface area contributed by atoms with Gasteiger partial charge in [-0.2, -0.15) is 0 Å². The Hall–Kier alpha value is -1.44. The predicted molar refractivity (Wildman–Crippen MR) is 21.8 cm³/mol. The Kier molecular flexibility index (Phi) is 6.78. The molecule has 0 unspecified atom stereocenters. The van der Waals surface area contributed by atoms with E-state index >= 15 is 0 Å². The van der Waals surface area contributed by atoms with Crippen molar-refractivity contribution >= 4 is 11.8 Å². The van der Waals surface area contributed by atoms with Crippen LogP contribution < -0.4 is 0 Å². The standard InChI is InChI=1S/C3H4O3.N2/c1-2(4)3(5)6;1-2/h1H3,(H,5,6);. The number of carbonyl (C=O) groups excluding carboxylic acids is 1. The molecule has 0 spiro atoms. The average Bonchev–Trinajstić information content (AvgIpc) is 1.72. The van der Waals surface area contributed by atoms with E-state index in [4.69, 9.17) is 15.9 Å². The van der Waals surface area contributed by atoms with Gasteiger partial charge in [-0.15, -0.1) is 0 Å². The lowest BCUT2D eigenvalue weighted by Crippen LogP contribution is -2.05. The summed E-state index contributed by atoms with van der Waals surface area (Å²) in [4.78, 5) is 18.9. The predicted octanol–water partition coefficient (Wildman–Crippen LogP) is -0.310. The summed E-state index contributed by atoms with van der Waals surface area (Å²) in [6.45, 7) is 1.00. The van der Waals surface area contributed by atoms with Crippen LogP contribution in [0.3, 0.4) is 0 Å². The molecule has 0 amide bonds. The largest absolute Gasteiger partial charge is 0.476 e. The summed E-state index contributed by atoms with van der Waals surface area (Å²) in [5.74, 6) is -2.20. The first-order valence-corrected chi connectivity index (χ1v) is 1.58. The zero-order chi connectivity index (χ0) is 7.15. The normalized spacial score (nSPS) is 5.88.